The van der Waals surface area contributed by atoms with Gasteiger partial charge in [0.05, 0.1) is 10.6 Å². The minimum absolute atomic E-state index is 0.0313. The van der Waals surface area contributed by atoms with E-state index in [2.05, 4.69) is 20.2 Å². The lowest BCUT2D eigenvalue weighted by molar-refractivity contribution is 0.102. The molecule has 0 spiro atoms. The van der Waals surface area contributed by atoms with E-state index >= 15 is 0 Å². The Morgan fingerprint density at radius 1 is 1.11 bits per heavy atom. The van der Waals surface area contributed by atoms with E-state index in [0.717, 1.165) is 16.9 Å². The number of hydrogen-bond acceptors (Lipinski definition) is 6. The summed E-state index contributed by atoms with van der Waals surface area (Å²) in [5.41, 5.74) is 1.02. The molecule has 1 aromatic heterocycles. The van der Waals surface area contributed by atoms with Crippen molar-refractivity contribution in [3.8, 4) is 0 Å². The number of carbonyl (C=O) groups is 1. The van der Waals surface area contributed by atoms with Crippen molar-refractivity contribution in [1.82, 2.24) is 14.9 Å². The highest BCUT2D eigenvalue weighted by molar-refractivity contribution is 7.91. The molecule has 0 saturated carbocycles. The van der Waals surface area contributed by atoms with Crippen LogP contribution in [0, 0.1) is 5.82 Å². The Morgan fingerprint density at radius 3 is 2.54 bits per heavy atom. The van der Waals surface area contributed by atoms with Crippen molar-refractivity contribution in [3.05, 3.63) is 70.5 Å². The number of rotatable bonds is 7. The van der Waals surface area contributed by atoms with E-state index in [1.807, 2.05) is 0 Å². The van der Waals surface area contributed by atoms with Crippen molar-refractivity contribution >= 4 is 44.0 Å². The van der Waals surface area contributed by atoms with E-state index in [1.54, 1.807) is 30.3 Å². The first kappa shape index (κ1) is 20.3. The number of anilines is 1. The van der Waals surface area contributed by atoms with Gasteiger partial charge in [0.15, 0.2) is 0 Å². The van der Waals surface area contributed by atoms with Gasteiger partial charge in [-0.2, -0.15) is 0 Å². The van der Waals surface area contributed by atoms with Crippen LogP contribution in [0.2, 0.25) is 5.02 Å². The molecule has 0 saturated heterocycles. The Morgan fingerprint density at radius 2 is 1.82 bits per heavy atom. The van der Waals surface area contributed by atoms with Crippen molar-refractivity contribution < 1.29 is 17.6 Å². The second-order valence-electron chi connectivity index (χ2n) is 5.58. The summed E-state index contributed by atoms with van der Waals surface area (Å²) >= 11 is 6.68. The van der Waals surface area contributed by atoms with Gasteiger partial charge in [-0.1, -0.05) is 47.2 Å². The van der Waals surface area contributed by atoms with Crippen molar-refractivity contribution in [2.45, 2.75) is 10.8 Å². The smallest absolute Gasteiger partial charge is 0.269 e. The molecule has 2 aromatic carbocycles. The van der Waals surface area contributed by atoms with Gasteiger partial charge < -0.3 is 0 Å². The van der Waals surface area contributed by atoms with E-state index in [1.165, 1.54) is 18.2 Å². The standard InChI is InChI=1S/C17H14ClFN4O3S2/c18-14-4-2-1-3-13(14)15(24)21-16-22-23-17(27-16)28(25,26)20-10-9-11-5-7-12(19)8-6-11/h1-8,20H,9-10H2,(H,21,22,24). The first-order valence-corrected chi connectivity index (χ1v) is 10.7. The maximum atomic E-state index is 12.9. The Kier molecular flexibility index (Phi) is 6.35. The van der Waals surface area contributed by atoms with Crippen LogP contribution in [0.4, 0.5) is 9.52 Å². The number of aromatic nitrogens is 2. The number of hydrogen-bond donors (Lipinski definition) is 2. The van der Waals surface area contributed by atoms with Crippen LogP contribution in [0.1, 0.15) is 15.9 Å². The number of sulfonamides is 1. The van der Waals surface area contributed by atoms with Crippen LogP contribution >= 0.6 is 22.9 Å². The molecule has 2 N–H and O–H groups in total. The number of benzene rings is 2. The minimum atomic E-state index is -3.88. The van der Waals surface area contributed by atoms with Crippen molar-refractivity contribution in [1.29, 1.82) is 0 Å². The topological polar surface area (TPSA) is 101 Å². The SMILES string of the molecule is O=C(Nc1nnc(S(=O)(=O)NCCc2ccc(F)cc2)s1)c1ccccc1Cl. The van der Waals surface area contributed by atoms with Crippen LogP contribution < -0.4 is 10.0 Å². The number of amides is 1. The van der Waals surface area contributed by atoms with E-state index in [4.69, 9.17) is 11.6 Å². The molecule has 0 aliphatic rings. The second kappa shape index (κ2) is 8.74. The molecule has 28 heavy (non-hydrogen) atoms. The molecule has 0 aliphatic carbocycles. The Bertz CT molecular complexity index is 1090. The van der Waals surface area contributed by atoms with E-state index in [-0.39, 0.29) is 32.4 Å². The molecule has 146 valence electrons. The molecule has 0 unspecified atom stereocenters. The van der Waals surface area contributed by atoms with Gasteiger partial charge >= 0.3 is 0 Å². The highest BCUT2D eigenvalue weighted by atomic mass is 35.5. The fourth-order valence-electron chi connectivity index (χ4n) is 2.22. The molecule has 1 amide bonds. The molecular formula is C17H14ClFN4O3S2. The molecule has 0 atom stereocenters. The van der Waals surface area contributed by atoms with Gasteiger partial charge in [-0.3, -0.25) is 10.1 Å². The van der Waals surface area contributed by atoms with Crippen molar-refractivity contribution in [3.63, 3.8) is 0 Å². The summed E-state index contributed by atoms with van der Waals surface area (Å²) in [4.78, 5) is 12.2. The summed E-state index contributed by atoms with van der Waals surface area (Å²) in [5.74, 6) is -0.875. The summed E-state index contributed by atoms with van der Waals surface area (Å²) < 4.78 is 39.6. The summed E-state index contributed by atoms with van der Waals surface area (Å²) in [6, 6.07) is 12.2. The highest BCUT2D eigenvalue weighted by Crippen LogP contribution is 2.22. The zero-order valence-corrected chi connectivity index (χ0v) is 16.6. The van der Waals surface area contributed by atoms with Crippen LogP contribution in [-0.2, 0) is 16.4 Å². The third-order valence-electron chi connectivity index (χ3n) is 3.59. The normalized spacial score (nSPS) is 11.4. The second-order valence-corrected chi connectivity index (χ2v) is 8.91. The fraction of sp³-hybridized carbons (Fsp3) is 0.118. The van der Waals surface area contributed by atoms with Gasteiger partial charge in [-0.15, -0.1) is 10.2 Å². The maximum absolute atomic E-state index is 12.9. The van der Waals surface area contributed by atoms with Gasteiger partial charge in [0.2, 0.25) is 9.47 Å². The Balaban J connectivity index is 1.61. The summed E-state index contributed by atoms with van der Waals surface area (Å²) in [7, 11) is -3.88. The third kappa shape index (κ3) is 5.10. The minimum Gasteiger partial charge on any atom is -0.296 e. The highest BCUT2D eigenvalue weighted by Gasteiger charge is 2.21. The van der Waals surface area contributed by atoms with Crippen LogP contribution in [0.15, 0.2) is 52.9 Å². The van der Waals surface area contributed by atoms with Crippen molar-refractivity contribution in [2.24, 2.45) is 0 Å². The zero-order valence-electron chi connectivity index (χ0n) is 14.2. The quantitative estimate of drug-likeness (QED) is 0.550. The summed E-state index contributed by atoms with van der Waals surface area (Å²) in [6.07, 6.45) is 0.383. The monoisotopic (exact) mass is 440 g/mol. The largest absolute Gasteiger partial charge is 0.296 e. The lowest BCUT2D eigenvalue weighted by Gasteiger charge is -2.04. The molecule has 7 nitrogen and oxygen atoms in total. The first-order valence-electron chi connectivity index (χ1n) is 7.98. The summed E-state index contributed by atoms with van der Waals surface area (Å²) in [5, 5.41) is 10.1. The average Bonchev–Trinajstić information content (AvgIpc) is 3.13. The number of nitrogens with zero attached hydrogens (tertiary/aromatic N) is 2. The zero-order chi connectivity index (χ0) is 20.1. The first-order chi connectivity index (χ1) is 13.3. The van der Waals surface area contributed by atoms with Gasteiger partial charge in [0, 0.05) is 6.54 Å². The fourth-order valence-corrected chi connectivity index (χ4v) is 4.41. The molecule has 0 radical (unpaired) electrons. The van der Waals surface area contributed by atoms with Gasteiger partial charge in [-0.05, 0) is 36.2 Å². The molecule has 3 rings (SSSR count). The Hall–Kier alpha value is -2.40. The molecule has 0 fully saturated rings. The lowest BCUT2D eigenvalue weighted by atomic mass is 10.1. The van der Waals surface area contributed by atoms with Crippen LogP contribution in [0.5, 0.6) is 0 Å². The maximum Gasteiger partial charge on any atom is 0.269 e. The van der Waals surface area contributed by atoms with Gasteiger partial charge in [-0.25, -0.2) is 17.5 Å². The Labute approximate surface area is 169 Å². The molecule has 0 aliphatic heterocycles. The molecule has 0 bridgehead atoms. The number of nitrogens with one attached hydrogen (secondary N) is 2. The molecule has 1 heterocycles. The molecule has 11 heteroatoms. The van der Waals surface area contributed by atoms with Gasteiger partial charge in [0.1, 0.15) is 5.82 Å². The number of halogens is 2. The van der Waals surface area contributed by atoms with Crippen LogP contribution in [-0.4, -0.2) is 31.1 Å². The number of carbonyl (C=O) groups excluding carboxylic acids is 1. The van der Waals surface area contributed by atoms with E-state index in [0.29, 0.717) is 6.42 Å². The molecule has 3 aromatic rings. The van der Waals surface area contributed by atoms with Crippen LogP contribution in [0.3, 0.4) is 0 Å². The van der Waals surface area contributed by atoms with Gasteiger partial charge in [0.25, 0.3) is 15.9 Å². The predicted octanol–water partition coefficient (Wildman–Crippen LogP) is 3.10. The predicted molar refractivity (Wildman–Crippen MR) is 105 cm³/mol. The van der Waals surface area contributed by atoms with E-state index in [9.17, 15) is 17.6 Å². The average molecular weight is 441 g/mol. The third-order valence-corrected chi connectivity index (χ3v) is 6.59. The molecular weight excluding hydrogens is 427 g/mol. The van der Waals surface area contributed by atoms with E-state index < -0.39 is 15.9 Å². The van der Waals surface area contributed by atoms with Crippen molar-refractivity contribution in [2.75, 3.05) is 11.9 Å². The summed E-state index contributed by atoms with van der Waals surface area (Å²) in [6.45, 7) is 0.106. The lowest BCUT2D eigenvalue weighted by Crippen LogP contribution is -2.25. The van der Waals surface area contributed by atoms with Crippen LogP contribution in [0.25, 0.3) is 0 Å².